The summed E-state index contributed by atoms with van der Waals surface area (Å²) in [6.45, 7) is 3.32. The number of amides is 1. The van der Waals surface area contributed by atoms with Crippen molar-refractivity contribution in [3.8, 4) is 11.3 Å². The second-order valence-electron chi connectivity index (χ2n) is 5.66. The number of unbranched alkanes of at least 4 members (excludes halogenated alkanes) is 1. The Bertz CT molecular complexity index is 725. The maximum absolute atomic E-state index is 11.7. The Morgan fingerprint density at radius 3 is 2.60 bits per heavy atom. The SMILES string of the molecule is CCCCc1ccc(-c2nc(NC(=O)COCC(=O)O)sc2C)cc1. The Labute approximate surface area is 150 Å². The predicted molar refractivity (Wildman–Crippen MR) is 98.0 cm³/mol. The van der Waals surface area contributed by atoms with E-state index in [9.17, 15) is 9.59 Å². The highest BCUT2D eigenvalue weighted by atomic mass is 32.1. The number of nitrogens with one attached hydrogen (secondary N) is 1. The van der Waals surface area contributed by atoms with Crippen LogP contribution in [0.5, 0.6) is 0 Å². The van der Waals surface area contributed by atoms with Gasteiger partial charge in [-0.1, -0.05) is 37.6 Å². The summed E-state index contributed by atoms with van der Waals surface area (Å²) >= 11 is 1.38. The van der Waals surface area contributed by atoms with E-state index in [4.69, 9.17) is 9.84 Å². The Morgan fingerprint density at radius 1 is 1.24 bits per heavy atom. The molecule has 2 rings (SSSR count). The number of carbonyl (C=O) groups excluding carboxylic acids is 1. The quantitative estimate of drug-likeness (QED) is 0.713. The van der Waals surface area contributed by atoms with Crippen molar-refractivity contribution in [3.63, 3.8) is 0 Å². The van der Waals surface area contributed by atoms with Gasteiger partial charge in [0.1, 0.15) is 13.2 Å². The van der Waals surface area contributed by atoms with Gasteiger partial charge in [-0.15, -0.1) is 11.3 Å². The third kappa shape index (κ3) is 5.95. The number of anilines is 1. The lowest BCUT2D eigenvalue weighted by molar-refractivity contribution is -0.143. The molecule has 0 bridgehead atoms. The number of hydrogen-bond acceptors (Lipinski definition) is 5. The summed E-state index contributed by atoms with van der Waals surface area (Å²) in [5.74, 6) is -1.53. The van der Waals surface area contributed by atoms with Crippen LogP contribution in [-0.4, -0.2) is 35.2 Å². The van der Waals surface area contributed by atoms with Crippen molar-refractivity contribution < 1.29 is 19.4 Å². The number of carbonyl (C=O) groups is 2. The maximum Gasteiger partial charge on any atom is 0.329 e. The predicted octanol–water partition coefficient (Wildman–Crippen LogP) is 3.50. The number of carboxylic acid groups (broad SMARTS) is 1. The summed E-state index contributed by atoms with van der Waals surface area (Å²) in [5, 5.41) is 11.6. The average Bonchev–Trinajstić information content (AvgIpc) is 2.93. The van der Waals surface area contributed by atoms with Gasteiger partial charge in [-0.05, 0) is 25.3 Å². The molecular weight excluding hydrogens is 340 g/mol. The van der Waals surface area contributed by atoms with Crippen molar-refractivity contribution in [2.75, 3.05) is 18.5 Å². The summed E-state index contributed by atoms with van der Waals surface area (Å²) in [4.78, 5) is 27.6. The van der Waals surface area contributed by atoms with E-state index in [1.807, 2.05) is 6.92 Å². The zero-order valence-corrected chi connectivity index (χ0v) is 15.2. The van der Waals surface area contributed by atoms with E-state index in [-0.39, 0.29) is 6.61 Å². The monoisotopic (exact) mass is 362 g/mol. The molecule has 6 nitrogen and oxygen atoms in total. The molecule has 0 saturated heterocycles. The fourth-order valence-corrected chi connectivity index (χ4v) is 3.17. The van der Waals surface area contributed by atoms with Crippen molar-refractivity contribution in [1.29, 1.82) is 0 Å². The minimum absolute atomic E-state index is 0.313. The van der Waals surface area contributed by atoms with Gasteiger partial charge in [0, 0.05) is 10.4 Å². The first-order valence-electron chi connectivity index (χ1n) is 8.15. The number of ether oxygens (including phenoxy) is 1. The number of aryl methyl sites for hydroxylation is 2. The zero-order chi connectivity index (χ0) is 18.2. The van der Waals surface area contributed by atoms with E-state index < -0.39 is 18.5 Å². The third-order valence-corrected chi connectivity index (χ3v) is 4.43. The van der Waals surface area contributed by atoms with Crippen LogP contribution in [0.2, 0.25) is 0 Å². The lowest BCUT2D eigenvalue weighted by Crippen LogP contribution is -2.20. The van der Waals surface area contributed by atoms with Gasteiger partial charge in [0.2, 0.25) is 0 Å². The van der Waals surface area contributed by atoms with Gasteiger partial charge >= 0.3 is 5.97 Å². The lowest BCUT2D eigenvalue weighted by Gasteiger charge is -2.03. The van der Waals surface area contributed by atoms with Crippen molar-refractivity contribution in [1.82, 2.24) is 4.98 Å². The van der Waals surface area contributed by atoms with Crippen LogP contribution in [-0.2, 0) is 20.7 Å². The zero-order valence-electron chi connectivity index (χ0n) is 14.4. The molecule has 0 spiro atoms. The lowest BCUT2D eigenvalue weighted by atomic mass is 10.0. The van der Waals surface area contributed by atoms with Gasteiger partial charge in [-0.25, -0.2) is 9.78 Å². The van der Waals surface area contributed by atoms with E-state index in [0.717, 1.165) is 22.6 Å². The summed E-state index contributed by atoms with van der Waals surface area (Å²) in [6.07, 6.45) is 3.42. The molecule has 0 aliphatic rings. The molecule has 0 saturated carbocycles. The molecule has 1 aromatic heterocycles. The average molecular weight is 362 g/mol. The molecule has 0 unspecified atom stereocenters. The topological polar surface area (TPSA) is 88.5 Å². The molecule has 0 fully saturated rings. The largest absolute Gasteiger partial charge is 0.480 e. The third-order valence-electron chi connectivity index (χ3n) is 3.55. The van der Waals surface area contributed by atoms with Crippen LogP contribution in [0, 0.1) is 6.92 Å². The highest BCUT2D eigenvalue weighted by molar-refractivity contribution is 7.16. The molecule has 2 aromatic rings. The number of rotatable bonds is 9. The van der Waals surface area contributed by atoms with E-state index in [1.165, 1.54) is 29.7 Å². The Hall–Kier alpha value is -2.25. The summed E-state index contributed by atoms with van der Waals surface area (Å²) in [5.41, 5.74) is 3.16. The molecule has 0 aliphatic heterocycles. The summed E-state index contributed by atoms with van der Waals surface area (Å²) < 4.78 is 4.76. The van der Waals surface area contributed by atoms with Crippen LogP contribution >= 0.6 is 11.3 Å². The highest BCUT2D eigenvalue weighted by Crippen LogP contribution is 2.30. The molecule has 25 heavy (non-hydrogen) atoms. The van der Waals surface area contributed by atoms with Crippen molar-refractivity contribution in [2.24, 2.45) is 0 Å². The summed E-state index contributed by atoms with van der Waals surface area (Å²) in [6, 6.07) is 8.33. The van der Waals surface area contributed by atoms with Crippen LogP contribution in [0.3, 0.4) is 0 Å². The van der Waals surface area contributed by atoms with Gasteiger partial charge in [0.15, 0.2) is 5.13 Å². The number of carboxylic acids is 1. The van der Waals surface area contributed by atoms with Crippen LogP contribution < -0.4 is 5.32 Å². The summed E-state index contributed by atoms with van der Waals surface area (Å²) in [7, 11) is 0. The fourth-order valence-electron chi connectivity index (χ4n) is 2.31. The maximum atomic E-state index is 11.7. The van der Waals surface area contributed by atoms with Crippen LogP contribution in [0.15, 0.2) is 24.3 Å². The first-order chi connectivity index (χ1) is 12.0. The second kappa shape index (κ2) is 9.29. The van der Waals surface area contributed by atoms with E-state index in [2.05, 4.69) is 41.5 Å². The number of hydrogen-bond donors (Lipinski definition) is 2. The standard InChI is InChI=1S/C18H22N2O4S/c1-3-4-5-13-6-8-14(9-7-13)17-12(2)25-18(20-17)19-15(21)10-24-11-16(22)23/h6-9H,3-5,10-11H2,1-2H3,(H,22,23)(H,19,20,21). The normalized spacial score (nSPS) is 10.6. The number of thiazole rings is 1. The molecule has 134 valence electrons. The van der Waals surface area contributed by atoms with Gasteiger partial charge < -0.3 is 9.84 Å². The minimum atomic E-state index is -1.11. The van der Waals surface area contributed by atoms with Crippen molar-refractivity contribution in [3.05, 3.63) is 34.7 Å². The first kappa shape index (κ1) is 19.1. The molecule has 2 N–H and O–H groups in total. The van der Waals surface area contributed by atoms with E-state index in [0.29, 0.717) is 5.13 Å². The second-order valence-corrected chi connectivity index (χ2v) is 6.86. The molecule has 7 heteroatoms. The molecule has 0 radical (unpaired) electrons. The number of benzene rings is 1. The fraction of sp³-hybridized carbons (Fsp3) is 0.389. The Morgan fingerprint density at radius 2 is 1.96 bits per heavy atom. The molecule has 1 amide bonds. The number of aromatic nitrogens is 1. The van der Waals surface area contributed by atoms with Gasteiger partial charge in [-0.2, -0.15) is 0 Å². The highest BCUT2D eigenvalue weighted by Gasteiger charge is 2.12. The smallest absolute Gasteiger partial charge is 0.329 e. The Kier molecular flexibility index (Phi) is 7.09. The van der Waals surface area contributed by atoms with Crippen molar-refractivity contribution in [2.45, 2.75) is 33.1 Å². The molecule has 0 aliphatic carbocycles. The van der Waals surface area contributed by atoms with E-state index in [1.54, 1.807) is 0 Å². The first-order valence-corrected chi connectivity index (χ1v) is 8.97. The van der Waals surface area contributed by atoms with E-state index >= 15 is 0 Å². The molecule has 0 atom stereocenters. The number of nitrogens with zero attached hydrogens (tertiary/aromatic N) is 1. The van der Waals surface area contributed by atoms with Gasteiger partial charge in [0.05, 0.1) is 5.69 Å². The van der Waals surface area contributed by atoms with Crippen LogP contribution in [0.25, 0.3) is 11.3 Å². The van der Waals surface area contributed by atoms with Crippen molar-refractivity contribution >= 4 is 28.3 Å². The molecule has 1 aromatic carbocycles. The molecule has 1 heterocycles. The van der Waals surface area contributed by atoms with Gasteiger partial charge in [0.25, 0.3) is 5.91 Å². The minimum Gasteiger partial charge on any atom is -0.480 e. The van der Waals surface area contributed by atoms with Crippen LogP contribution in [0.1, 0.15) is 30.2 Å². The van der Waals surface area contributed by atoms with Crippen LogP contribution in [0.4, 0.5) is 5.13 Å². The Balaban J connectivity index is 1.99. The van der Waals surface area contributed by atoms with Gasteiger partial charge in [-0.3, -0.25) is 10.1 Å². The molecular formula is C18H22N2O4S. The number of aliphatic carboxylic acids is 1.